The molecule has 45 heavy (non-hydrogen) atoms. The van der Waals surface area contributed by atoms with Gasteiger partial charge in [0.2, 0.25) is 11.8 Å². The SMILES string of the molecule is Cc1c(Cl)c(Br)cc2c(C(=O)OCC(=O)c3ccc([N+](=O)[O-])cc3)cc(-c3ccc(N4C(=O)C5CC=CCC5C4=O)cc3)nc12. The molecular weight excluding hydrogens is 666 g/mol. The van der Waals surface area contributed by atoms with Gasteiger partial charge in [-0.15, -0.1) is 0 Å². The zero-order chi connectivity index (χ0) is 32.0. The summed E-state index contributed by atoms with van der Waals surface area (Å²) >= 11 is 9.91. The molecule has 1 aromatic heterocycles. The van der Waals surface area contributed by atoms with E-state index in [4.69, 9.17) is 21.3 Å². The maximum atomic E-state index is 13.4. The number of hydrogen-bond acceptors (Lipinski definition) is 8. The smallest absolute Gasteiger partial charge is 0.339 e. The van der Waals surface area contributed by atoms with Gasteiger partial charge in [-0.1, -0.05) is 35.9 Å². The molecule has 0 bridgehead atoms. The average molecular weight is 689 g/mol. The molecule has 226 valence electrons. The number of imide groups is 1. The molecule has 0 saturated carbocycles. The highest BCUT2D eigenvalue weighted by molar-refractivity contribution is 9.10. The normalized spacial score (nSPS) is 17.4. The number of Topliss-reactive ketones (excluding diaryl/α,β-unsaturated/α-hetero) is 1. The third-order valence-electron chi connectivity index (χ3n) is 8.11. The second-order valence-electron chi connectivity index (χ2n) is 10.8. The van der Waals surface area contributed by atoms with Crippen molar-refractivity contribution in [1.29, 1.82) is 0 Å². The Balaban J connectivity index is 1.31. The van der Waals surface area contributed by atoms with Gasteiger partial charge in [-0.3, -0.25) is 29.4 Å². The van der Waals surface area contributed by atoms with Crippen LogP contribution in [0.5, 0.6) is 0 Å². The summed E-state index contributed by atoms with van der Waals surface area (Å²) in [6.45, 7) is 1.18. The molecule has 2 unspecified atom stereocenters. The number of carbonyl (C=O) groups is 4. The first-order valence-electron chi connectivity index (χ1n) is 13.9. The summed E-state index contributed by atoms with van der Waals surface area (Å²) in [4.78, 5) is 68.6. The fraction of sp³-hybridized carbons (Fsp3) is 0.182. The van der Waals surface area contributed by atoms with Crippen LogP contribution in [0.3, 0.4) is 0 Å². The zero-order valence-electron chi connectivity index (χ0n) is 23.7. The van der Waals surface area contributed by atoms with Crippen LogP contribution in [0.4, 0.5) is 11.4 Å². The van der Waals surface area contributed by atoms with E-state index in [-0.39, 0.29) is 40.5 Å². The Morgan fingerprint density at radius 3 is 2.24 bits per heavy atom. The highest BCUT2D eigenvalue weighted by atomic mass is 79.9. The predicted molar refractivity (Wildman–Crippen MR) is 170 cm³/mol. The molecular formula is C33H23BrClN3O7. The maximum Gasteiger partial charge on any atom is 0.339 e. The Labute approximate surface area is 269 Å². The fourth-order valence-corrected chi connectivity index (χ4v) is 6.34. The number of aromatic nitrogens is 1. The largest absolute Gasteiger partial charge is 0.454 e. The summed E-state index contributed by atoms with van der Waals surface area (Å²) in [6, 6.07) is 15.0. The van der Waals surface area contributed by atoms with Crippen LogP contribution in [0.1, 0.15) is 39.1 Å². The minimum atomic E-state index is -0.784. The zero-order valence-corrected chi connectivity index (χ0v) is 26.0. The lowest BCUT2D eigenvalue weighted by molar-refractivity contribution is -0.384. The topological polar surface area (TPSA) is 137 Å². The van der Waals surface area contributed by atoms with Crippen molar-refractivity contribution in [2.24, 2.45) is 11.8 Å². The third-order valence-corrected chi connectivity index (χ3v) is 9.45. The van der Waals surface area contributed by atoms with Gasteiger partial charge in [-0.05, 0) is 77.7 Å². The number of nitro benzene ring substituents is 1. The van der Waals surface area contributed by atoms with Crippen molar-refractivity contribution in [2.75, 3.05) is 11.5 Å². The van der Waals surface area contributed by atoms with Gasteiger partial charge < -0.3 is 4.74 Å². The van der Waals surface area contributed by atoms with Gasteiger partial charge in [-0.2, -0.15) is 0 Å². The maximum absolute atomic E-state index is 13.4. The number of benzene rings is 3. The first-order valence-corrected chi connectivity index (χ1v) is 15.1. The number of rotatable bonds is 7. The monoisotopic (exact) mass is 687 g/mol. The van der Waals surface area contributed by atoms with Gasteiger partial charge in [0.25, 0.3) is 5.69 Å². The lowest BCUT2D eigenvalue weighted by Crippen LogP contribution is -2.30. The van der Waals surface area contributed by atoms with Gasteiger partial charge in [-0.25, -0.2) is 9.78 Å². The number of carbonyl (C=O) groups excluding carboxylic acids is 4. The Morgan fingerprint density at radius 1 is 1.02 bits per heavy atom. The average Bonchev–Trinajstić information content (AvgIpc) is 3.31. The number of halogens is 2. The van der Waals surface area contributed by atoms with Crippen LogP contribution in [0.25, 0.3) is 22.2 Å². The Morgan fingerprint density at radius 2 is 1.64 bits per heavy atom. The van der Waals surface area contributed by atoms with E-state index in [2.05, 4.69) is 15.9 Å². The first-order chi connectivity index (χ1) is 21.5. The fourth-order valence-electron chi connectivity index (χ4n) is 5.67. The van der Waals surface area contributed by atoms with E-state index in [9.17, 15) is 29.3 Å². The van der Waals surface area contributed by atoms with Crippen LogP contribution in [0.2, 0.25) is 5.02 Å². The van der Waals surface area contributed by atoms with E-state index >= 15 is 0 Å². The number of hydrogen-bond donors (Lipinski definition) is 0. The minimum Gasteiger partial charge on any atom is -0.454 e. The summed E-state index contributed by atoms with van der Waals surface area (Å²) in [7, 11) is 0. The number of allylic oxidation sites excluding steroid dienone is 2. The van der Waals surface area contributed by atoms with Crippen molar-refractivity contribution in [2.45, 2.75) is 19.8 Å². The van der Waals surface area contributed by atoms with E-state index in [0.717, 1.165) is 0 Å². The van der Waals surface area contributed by atoms with Gasteiger partial charge in [0.15, 0.2) is 12.4 Å². The number of pyridine rings is 1. The molecule has 0 spiro atoms. The molecule has 10 nitrogen and oxygen atoms in total. The van der Waals surface area contributed by atoms with Crippen molar-refractivity contribution in [3.8, 4) is 11.3 Å². The number of nitro groups is 1. The molecule has 12 heteroatoms. The summed E-state index contributed by atoms with van der Waals surface area (Å²) in [5.41, 5.74) is 2.65. The van der Waals surface area contributed by atoms with Gasteiger partial charge in [0.1, 0.15) is 0 Å². The summed E-state index contributed by atoms with van der Waals surface area (Å²) < 4.78 is 5.94. The number of non-ortho nitro benzene ring substituents is 1. The van der Waals surface area contributed by atoms with Crippen LogP contribution in [-0.4, -0.2) is 40.1 Å². The molecule has 1 aliphatic heterocycles. The molecule has 2 atom stereocenters. The Bertz CT molecular complexity index is 1930. The van der Waals surface area contributed by atoms with E-state index in [1.165, 1.54) is 29.2 Å². The third kappa shape index (κ3) is 5.53. The standard InChI is InChI=1S/C33H23BrClN3O7/c1-17-29(35)26(34)14-24-25(33(42)45-16-28(39)19-8-12-21(13-9-19)38(43)44)15-27(36-30(17)24)18-6-10-20(11-7-18)37-31(40)22-4-2-3-5-23(22)32(37)41/h2-3,6-15,22-23H,4-5,16H2,1H3. The Kier molecular flexibility index (Phi) is 8.07. The van der Waals surface area contributed by atoms with Crippen LogP contribution >= 0.6 is 27.5 Å². The first kappa shape index (κ1) is 30.3. The molecule has 2 aliphatic rings. The highest BCUT2D eigenvalue weighted by Crippen LogP contribution is 2.39. The molecule has 0 N–H and O–H groups in total. The molecule has 1 fully saturated rings. The quantitative estimate of drug-likeness (QED) is 0.0504. The van der Waals surface area contributed by atoms with E-state index in [0.29, 0.717) is 55.7 Å². The van der Waals surface area contributed by atoms with E-state index in [1.54, 1.807) is 43.3 Å². The molecule has 2 heterocycles. The van der Waals surface area contributed by atoms with E-state index in [1.807, 2.05) is 12.2 Å². The molecule has 0 radical (unpaired) electrons. The molecule has 4 aromatic rings. The number of ether oxygens (including phenoxy) is 1. The van der Waals surface area contributed by atoms with Gasteiger partial charge >= 0.3 is 5.97 Å². The summed E-state index contributed by atoms with van der Waals surface area (Å²) in [5, 5.41) is 11.8. The molecule has 6 rings (SSSR count). The van der Waals surface area contributed by atoms with Crippen LogP contribution < -0.4 is 4.90 Å². The molecule has 1 aliphatic carbocycles. The van der Waals surface area contributed by atoms with Crippen LogP contribution in [0.15, 0.2) is 77.3 Å². The number of ketones is 1. The number of aryl methyl sites for hydroxylation is 1. The second-order valence-corrected chi connectivity index (χ2v) is 12.0. The second kappa shape index (κ2) is 12.0. The lowest BCUT2D eigenvalue weighted by atomic mass is 9.85. The lowest BCUT2D eigenvalue weighted by Gasteiger charge is -2.16. The Hall–Kier alpha value is -4.74. The van der Waals surface area contributed by atoms with Crippen molar-refractivity contribution in [1.82, 2.24) is 4.98 Å². The number of fused-ring (bicyclic) bond motifs is 2. The van der Waals surface area contributed by atoms with E-state index < -0.39 is 23.3 Å². The van der Waals surface area contributed by atoms with Gasteiger partial charge in [0, 0.05) is 33.1 Å². The van der Waals surface area contributed by atoms with Gasteiger partial charge in [0.05, 0.1) is 44.2 Å². The summed E-state index contributed by atoms with van der Waals surface area (Å²) in [6.07, 6.45) is 4.96. The molecule has 3 aromatic carbocycles. The number of esters is 1. The predicted octanol–water partition coefficient (Wildman–Crippen LogP) is 7.03. The van der Waals surface area contributed by atoms with Crippen LogP contribution in [0, 0.1) is 28.9 Å². The molecule has 2 amide bonds. The minimum absolute atomic E-state index is 0.137. The van der Waals surface area contributed by atoms with Crippen molar-refractivity contribution in [3.63, 3.8) is 0 Å². The van der Waals surface area contributed by atoms with Crippen LogP contribution in [-0.2, 0) is 14.3 Å². The number of nitrogens with zero attached hydrogens (tertiary/aromatic N) is 3. The number of anilines is 1. The summed E-state index contributed by atoms with van der Waals surface area (Å²) in [5.74, 6) is -2.44. The van der Waals surface area contributed by atoms with Crippen molar-refractivity contribution >= 4 is 73.4 Å². The highest BCUT2D eigenvalue weighted by Gasteiger charge is 2.47. The van der Waals surface area contributed by atoms with Crippen molar-refractivity contribution in [3.05, 3.63) is 109 Å². The molecule has 1 saturated heterocycles. The number of amides is 2. The van der Waals surface area contributed by atoms with Crippen molar-refractivity contribution < 1.29 is 28.8 Å².